The van der Waals surface area contributed by atoms with Gasteiger partial charge in [-0.3, -0.25) is 9.59 Å². The van der Waals surface area contributed by atoms with Gasteiger partial charge in [0.2, 0.25) is 0 Å². The molecule has 0 spiro atoms. The normalized spacial score (nSPS) is 17.9. The molecule has 0 bridgehead atoms. The minimum atomic E-state index is -0.648. The fraction of sp³-hybridized carbons (Fsp3) is 0.385. The summed E-state index contributed by atoms with van der Waals surface area (Å²) in [6.07, 6.45) is 1.62. The SMILES string of the molecule is CCc1ccc(C2/C(=C(\O)c3ccc(OC)c(C)c3)C(=O)C(=O)N2CCCN(C)C)cc1. The van der Waals surface area contributed by atoms with Gasteiger partial charge in [-0.25, -0.2) is 0 Å². The lowest BCUT2D eigenvalue weighted by atomic mass is 9.94. The fourth-order valence-corrected chi connectivity index (χ4v) is 4.13. The number of aliphatic hydroxyl groups is 1. The lowest BCUT2D eigenvalue weighted by Gasteiger charge is -2.26. The first-order valence-electron chi connectivity index (χ1n) is 11.0. The molecule has 1 N–H and O–H groups in total. The highest BCUT2D eigenvalue weighted by Crippen LogP contribution is 2.40. The number of carbonyl (C=O) groups is 2. The maximum atomic E-state index is 13.1. The van der Waals surface area contributed by atoms with E-state index < -0.39 is 17.7 Å². The Morgan fingerprint density at radius 2 is 1.81 bits per heavy atom. The molecule has 0 saturated carbocycles. The number of carbonyl (C=O) groups excluding carboxylic acids is 2. The molecule has 2 aromatic carbocycles. The summed E-state index contributed by atoms with van der Waals surface area (Å²) in [5.41, 5.74) is 3.45. The van der Waals surface area contributed by atoms with Crippen molar-refractivity contribution in [1.29, 1.82) is 0 Å². The molecule has 0 aliphatic carbocycles. The van der Waals surface area contributed by atoms with Crippen molar-refractivity contribution in [3.05, 3.63) is 70.3 Å². The number of hydrogen-bond acceptors (Lipinski definition) is 5. The number of ketones is 1. The van der Waals surface area contributed by atoms with Crippen LogP contribution in [0, 0.1) is 6.92 Å². The van der Waals surface area contributed by atoms with Crippen molar-refractivity contribution in [2.45, 2.75) is 32.7 Å². The molecular formula is C26H32N2O4. The standard InChI is InChI=1S/C26H32N2O4/c1-6-18-8-10-19(11-9-18)23-22(24(29)20-12-13-21(32-5)17(2)16-20)25(30)26(31)28(23)15-7-14-27(3)4/h8-13,16,23,29H,6-7,14-15H2,1-5H3/b24-22+. The number of nitrogens with zero attached hydrogens (tertiary/aromatic N) is 2. The number of likely N-dealkylation sites (tertiary alicyclic amines) is 1. The van der Waals surface area contributed by atoms with Crippen molar-refractivity contribution in [3.63, 3.8) is 0 Å². The van der Waals surface area contributed by atoms with E-state index in [2.05, 4.69) is 6.92 Å². The second kappa shape index (κ2) is 10.0. The van der Waals surface area contributed by atoms with Crippen LogP contribution in [-0.4, -0.2) is 60.9 Å². The van der Waals surface area contributed by atoms with Crippen molar-refractivity contribution in [1.82, 2.24) is 9.80 Å². The van der Waals surface area contributed by atoms with Gasteiger partial charge in [0.25, 0.3) is 11.7 Å². The van der Waals surface area contributed by atoms with Crippen LogP contribution in [0.3, 0.4) is 0 Å². The Kier molecular flexibility index (Phi) is 7.36. The number of rotatable bonds is 8. The minimum Gasteiger partial charge on any atom is -0.507 e. The molecule has 32 heavy (non-hydrogen) atoms. The maximum absolute atomic E-state index is 13.1. The summed E-state index contributed by atoms with van der Waals surface area (Å²) in [7, 11) is 5.53. The molecule has 1 amide bonds. The van der Waals surface area contributed by atoms with E-state index in [1.54, 1.807) is 30.2 Å². The van der Waals surface area contributed by atoms with E-state index in [0.29, 0.717) is 17.9 Å². The van der Waals surface area contributed by atoms with Gasteiger partial charge in [-0.2, -0.15) is 0 Å². The molecule has 3 rings (SSSR count). The van der Waals surface area contributed by atoms with Gasteiger partial charge in [0.15, 0.2) is 0 Å². The van der Waals surface area contributed by atoms with Crippen LogP contribution in [0.2, 0.25) is 0 Å². The largest absolute Gasteiger partial charge is 0.507 e. The lowest BCUT2D eigenvalue weighted by molar-refractivity contribution is -0.139. The van der Waals surface area contributed by atoms with E-state index in [1.807, 2.05) is 50.2 Å². The molecule has 1 fully saturated rings. The van der Waals surface area contributed by atoms with Crippen LogP contribution in [0.25, 0.3) is 5.76 Å². The third-order valence-electron chi connectivity index (χ3n) is 5.92. The van der Waals surface area contributed by atoms with Crippen LogP contribution >= 0.6 is 0 Å². The van der Waals surface area contributed by atoms with E-state index >= 15 is 0 Å². The van der Waals surface area contributed by atoms with Gasteiger partial charge in [-0.1, -0.05) is 31.2 Å². The summed E-state index contributed by atoms with van der Waals surface area (Å²) in [4.78, 5) is 29.7. The van der Waals surface area contributed by atoms with Crippen LogP contribution in [0.4, 0.5) is 0 Å². The van der Waals surface area contributed by atoms with E-state index in [0.717, 1.165) is 30.5 Å². The molecule has 2 aromatic rings. The maximum Gasteiger partial charge on any atom is 0.295 e. The first-order chi connectivity index (χ1) is 15.3. The molecule has 1 unspecified atom stereocenters. The Hall–Kier alpha value is -3.12. The summed E-state index contributed by atoms with van der Waals surface area (Å²) in [5.74, 6) is -0.684. The molecule has 1 saturated heterocycles. The van der Waals surface area contributed by atoms with Gasteiger partial charge in [-0.05, 0) is 75.3 Å². The third-order valence-corrected chi connectivity index (χ3v) is 5.92. The highest BCUT2D eigenvalue weighted by molar-refractivity contribution is 6.46. The molecule has 0 aromatic heterocycles. The molecule has 6 nitrogen and oxygen atoms in total. The van der Waals surface area contributed by atoms with Crippen molar-refractivity contribution in [2.75, 3.05) is 34.3 Å². The van der Waals surface area contributed by atoms with Crippen LogP contribution in [-0.2, 0) is 16.0 Å². The number of methoxy groups -OCH3 is 1. The van der Waals surface area contributed by atoms with Crippen molar-refractivity contribution < 1.29 is 19.4 Å². The first kappa shape index (κ1) is 23.5. The summed E-state index contributed by atoms with van der Waals surface area (Å²) in [5, 5.41) is 11.2. The molecular weight excluding hydrogens is 404 g/mol. The lowest BCUT2D eigenvalue weighted by Crippen LogP contribution is -2.32. The number of aryl methyl sites for hydroxylation is 2. The zero-order valence-corrected chi connectivity index (χ0v) is 19.5. The van der Waals surface area contributed by atoms with Gasteiger partial charge in [0.1, 0.15) is 11.5 Å². The Balaban J connectivity index is 2.10. The van der Waals surface area contributed by atoms with E-state index in [4.69, 9.17) is 4.74 Å². The second-order valence-electron chi connectivity index (χ2n) is 8.43. The monoisotopic (exact) mass is 436 g/mol. The van der Waals surface area contributed by atoms with Crippen molar-refractivity contribution >= 4 is 17.4 Å². The predicted octanol–water partition coefficient (Wildman–Crippen LogP) is 3.94. The highest BCUT2D eigenvalue weighted by atomic mass is 16.5. The molecule has 6 heteroatoms. The van der Waals surface area contributed by atoms with Gasteiger partial charge in [-0.15, -0.1) is 0 Å². The average Bonchev–Trinajstić information content (AvgIpc) is 3.03. The highest BCUT2D eigenvalue weighted by Gasteiger charge is 2.45. The summed E-state index contributed by atoms with van der Waals surface area (Å²) < 4.78 is 5.31. The summed E-state index contributed by atoms with van der Waals surface area (Å²) >= 11 is 0. The Morgan fingerprint density at radius 3 is 2.38 bits per heavy atom. The number of benzene rings is 2. The van der Waals surface area contributed by atoms with Crippen molar-refractivity contribution in [3.8, 4) is 5.75 Å². The van der Waals surface area contributed by atoms with Crippen LogP contribution < -0.4 is 4.74 Å². The Bertz CT molecular complexity index is 1020. The number of ether oxygens (including phenoxy) is 1. The predicted molar refractivity (Wildman–Crippen MR) is 126 cm³/mol. The minimum absolute atomic E-state index is 0.133. The van der Waals surface area contributed by atoms with Crippen LogP contribution in [0.1, 0.15) is 41.6 Å². The molecule has 1 aliphatic rings. The van der Waals surface area contributed by atoms with Gasteiger partial charge in [0, 0.05) is 12.1 Å². The molecule has 170 valence electrons. The number of amides is 1. The fourth-order valence-electron chi connectivity index (χ4n) is 4.13. The number of hydrogen-bond donors (Lipinski definition) is 1. The van der Waals surface area contributed by atoms with E-state index in [9.17, 15) is 14.7 Å². The summed E-state index contributed by atoms with van der Waals surface area (Å²) in [6.45, 7) is 5.17. The zero-order valence-electron chi connectivity index (χ0n) is 19.5. The Morgan fingerprint density at radius 1 is 1.12 bits per heavy atom. The van der Waals surface area contributed by atoms with Gasteiger partial charge < -0.3 is 19.6 Å². The second-order valence-corrected chi connectivity index (χ2v) is 8.43. The smallest absolute Gasteiger partial charge is 0.295 e. The number of aliphatic hydroxyl groups excluding tert-OH is 1. The quantitative estimate of drug-likeness (QED) is 0.386. The third kappa shape index (κ3) is 4.70. The van der Waals surface area contributed by atoms with E-state index in [-0.39, 0.29) is 11.3 Å². The molecule has 1 heterocycles. The van der Waals surface area contributed by atoms with Crippen LogP contribution in [0.15, 0.2) is 48.0 Å². The number of Topliss-reactive ketones (excluding diaryl/α,β-unsaturated/α-hetero) is 1. The zero-order chi connectivity index (χ0) is 23.4. The molecule has 1 aliphatic heterocycles. The topological polar surface area (TPSA) is 70.1 Å². The van der Waals surface area contributed by atoms with Gasteiger partial charge in [0.05, 0.1) is 18.7 Å². The Labute approximate surface area is 190 Å². The molecule has 1 atom stereocenters. The van der Waals surface area contributed by atoms with Crippen LogP contribution in [0.5, 0.6) is 5.75 Å². The van der Waals surface area contributed by atoms with E-state index in [1.165, 1.54) is 5.56 Å². The molecule has 0 radical (unpaired) electrons. The first-order valence-corrected chi connectivity index (χ1v) is 11.0. The van der Waals surface area contributed by atoms with Gasteiger partial charge >= 0.3 is 0 Å². The average molecular weight is 437 g/mol. The summed E-state index contributed by atoms with van der Waals surface area (Å²) in [6, 6.07) is 12.5. The van der Waals surface area contributed by atoms with Crippen molar-refractivity contribution in [2.24, 2.45) is 0 Å².